The Morgan fingerprint density at radius 3 is 2.27 bits per heavy atom. The average molecular weight is 158 g/mol. The van der Waals surface area contributed by atoms with Crippen molar-refractivity contribution in [2.45, 2.75) is 6.92 Å². The number of hydrogen-bond donors (Lipinski definition) is 0. The first-order valence-electron chi connectivity index (χ1n) is 2.99. The maximum Gasteiger partial charge on any atom is 1.00 e. The van der Waals surface area contributed by atoms with E-state index >= 15 is 0 Å². The van der Waals surface area contributed by atoms with Gasteiger partial charge in [-0.15, -0.1) is 0 Å². The van der Waals surface area contributed by atoms with Gasteiger partial charge < -0.3 is 9.90 Å². The summed E-state index contributed by atoms with van der Waals surface area (Å²) >= 11 is 0. The molecule has 3 heteroatoms. The van der Waals surface area contributed by atoms with Gasteiger partial charge in [0.25, 0.3) is 0 Å². The van der Waals surface area contributed by atoms with E-state index in [1.807, 2.05) is 0 Å². The standard InChI is InChI=1S/C8H8O2.Na/c1-6-4-2-3-5-7(6)8(9)10;/h2-5H,1H3,(H,9,10);/q;+1/p-1. The molecule has 2 nitrogen and oxygen atoms in total. The number of aryl methyl sites for hydroxylation is 1. The second kappa shape index (κ2) is 4.54. The van der Waals surface area contributed by atoms with Crippen LogP contribution in [0.15, 0.2) is 24.3 Å². The van der Waals surface area contributed by atoms with E-state index in [4.69, 9.17) is 0 Å². The van der Waals surface area contributed by atoms with Gasteiger partial charge in [0, 0.05) is 5.56 Å². The molecule has 0 fully saturated rings. The van der Waals surface area contributed by atoms with Gasteiger partial charge in [-0.1, -0.05) is 24.3 Å². The third-order valence-electron chi connectivity index (χ3n) is 1.36. The first-order chi connectivity index (χ1) is 4.72. The molecule has 1 aromatic carbocycles. The molecule has 0 saturated heterocycles. The zero-order valence-electron chi connectivity index (χ0n) is 6.63. The van der Waals surface area contributed by atoms with Crippen molar-refractivity contribution >= 4 is 5.97 Å². The minimum atomic E-state index is -1.11. The zero-order chi connectivity index (χ0) is 7.56. The molecular formula is C8H7NaO2. The van der Waals surface area contributed by atoms with E-state index in [2.05, 4.69) is 0 Å². The fourth-order valence-corrected chi connectivity index (χ4v) is 0.802. The van der Waals surface area contributed by atoms with Gasteiger partial charge in [-0.25, -0.2) is 0 Å². The number of carboxylic acid groups (broad SMARTS) is 1. The number of carboxylic acids is 1. The average Bonchev–Trinajstić information content (AvgIpc) is 1.88. The summed E-state index contributed by atoms with van der Waals surface area (Å²) < 4.78 is 0. The van der Waals surface area contributed by atoms with Crippen molar-refractivity contribution in [2.75, 3.05) is 0 Å². The van der Waals surface area contributed by atoms with Crippen LogP contribution >= 0.6 is 0 Å². The molecule has 0 bridgehead atoms. The number of rotatable bonds is 1. The van der Waals surface area contributed by atoms with E-state index < -0.39 is 5.97 Å². The topological polar surface area (TPSA) is 40.1 Å². The first-order valence-corrected chi connectivity index (χ1v) is 2.99. The van der Waals surface area contributed by atoms with Crippen LogP contribution in [0.3, 0.4) is 0 Å². The van der Waals surface area contributed by atoms with Crippen LogP contribution in [0, 0.1) is 6.92 Å². The molecule has 0 radical (unpaired) electrons. The Bertz CT molecular complexity index is 258. The molecule has 1 aromatic rings. The molecule has 11 heavy (non-hydrogen) atoms. The smallest absolute Gasteiger partial charge is 0.545 e. The van der Waals surface area contributed by atoms with Crippen molar-refractivity contribution in [3.05, 3.63) is 35.4 Å². The van der Waals surface area contributed by atoms with Crippen molar-refractivity contribution in [1.82, 2.24) is 0 Å². The molecule has 0 atom stereocenters. The van der Waals surface area contributed by atoms with Gasteiger partial charge >= 0.3 is 29.6 Å². The molecule has 1 rings (SSSR count). The molecule has 0 aliphatic carbocycles. The summed E-state index contributed by atoms with van der Waals surface area (Å²) in [4.78, 5) is 10.3. The van der Waals surface area contributed by atoms with Crippen molar-refractivity contribution in [2.24, 2.45) is 0 Å². The summed E-state index contributed by atoms with van der Waals surface area (Å²) in [6, 6.07) is 6.75. The summed E-state index contributed by atoms with van der Waals surface area (Å²) in [5.74, 6) is -1.11. The molecule has 52 valence electrons. The predicted octanol–water partition coefficient (Wildman–Crippen LogP) is -2.64. The van der Waals surface area contributed by atoms with Crippen molar-refractivity contribution in [3.8, 4) is 0 Å². The molecule has 0 unspecified atom stereocenters. The Balaban J connectivity index is 0.000001000. The largest absolute Gasteiger partial charge is 1.00 e. The maximum absolute atomic E-state index is 10.3. The van der Waals surface area contributed by atoms with Crippen LogP contribution < -0.4 is 34.7 Å². The molecular weight excluding hydrogens is 151 g/mol. The van der Waals surface area contributed by atoms with Crippen molar-refractivity contribution in [1.29, 1.82) is 0 Å². The summed E-state index contributed by atoms with van der Waals surface area (Å²) in [5.41, 5.74) is 1.00. The predicted molar refractivity (Wildman–Crippen MR) is 35.5 cm³/mol. The van der Waals surface area contributed by atoms with E-state index in [0.717, 1.165) is 5.56 Å². The van der Waals surface area contributed by atoms with Crippen LogP contribution in [0.1, 0.15) is 15.9 Å². The summed E-state index contributed by atoms with van der Waals surface area (Å²) in [6.45, 7) is 1.74. The second-order valence-corrected chi connectivity index (χ2v) is 2.10. The van der Waals surface area contributed by atoms with Crippen LogP contribution in [-0.2, 0) is 0 Å². The van der Waals surface area contributed by atoms with E-state index in [9.17, 15) is 9.90 Å². The molecule has 0 heterocycles. The van der Waals surface area contributed by atoms with Crippen LogP contribution in [0.25, 0.3) is 0 Å². The zero-order valence-corrected chi connectivity index (χ0v) is 8.63. The van der Waals surface area contributed by atoms with Crippen LogP contribution in [0.2, 0.25) is 0 Å². The SMILES string of the molecule is Cc1ccccc1C(=O)[O-].[Na+]. The van der Waals surface area contributed by atoms with E-state index in [1.165, 1.54) is 6.07 Å². The van der Waals surface area contributed by atoms with Gasteiger partial charge in [0.15, 0.2) is 0 Å². The third-order valence-corrected chi connectivity index (χ3v) is 1.36. The Kier molecular flexibility index (Phi) is 4.42. The molecule has 0 aromatic heterocycles. The van der Waals surface area contributed by atoms with Crippen molar-refractivity contribution < 1.29 is 39.5 Å². The van der Waals surface area contributed by atoms with Gasteiger partial charge in [0.05, 0.1) is 5.97 Å². The van der Waals surface area contributed by atoms with Crippen LogP contribution in [0.5, 0.6) is 0 Å². The van der Waals surface area contributed by atoms with Gasteiger partial charge in [0.2, 0.25) is 0 Å². The number of benzene rings is 1. The third kappa shape index (κ3) is 2.66. The minimum absolute atomic E-state index is 0. The maximum atomic E-state index is 10.3. The minimum Gasteiger partial charge on any atom is -0.545 e. The fraction of sp³-hybridized carbons (Fsp3) is 0.125. The quantitative estimate of drug-likeness (QED) is 0.419. The number of carbonyl (C=O) groups excluding carboxylic acids is 1. The van der Waals surface area contributed by atoms with E-state index in [1.54, 1.807) is 25.1 Å². The summed E-state index contributed by atoms with van der Waals surface area (Å²) in [6.07, 6.45) is 0. The van der Waals surface area contributed by atoms with E-state index in [-0.39, 0.29) is 35.1 Å². The first kappa shape index (κ1) is 10.7. The molecule has 0 saturated carbocycles. The van der Waals surface area contributed by atoms with Gasteiger partial charge in [-0.05, 0) is 12.5 Å². The Labute approximate surface area is 87.5 Å². The molecule has 0 aliphatic rings. The monoisotopic (exact) mass is 158 g/mol. The Morgan fingerprint density at radius 1 is 1.36 bits per heavy atom. The fourth-order valence-electron chi connectivity index (χ4n) is 0.802. The number of hydrogen-bond acceptors (Lipinski definition) is 2. The van der Waals surface area contributed by atoms with Crippen molar-refractivity contribution in [3.63, 3.8) is 0 Å². The van der Waals surface area contributed by atoms with E-state index in [0.29, 0.717) is 0 Å². The summed E-state index contributed by atoms with van der Waals surface area (Å²) in [5, 5.41) is 10.3. The van der Waals surface area contributed by atoms with Crippen LogP contribution in [-0.4, -0.2) is 5.97 Å². The molecule has 0 amide bonds. The van der Waals surface area contributed by atoms with Gasteiger partial charge in [-0.3, -0.25) is 0 Å². The number of aromatic carboxylic acids is 1. The van der Waals surface area contributed by atoms with Crippen LogP contribution in [0.4, 0.5) is 0 Å². The molecule has 0 spiro atoms. The second-order valence-electron chi connectivity index (χ2n) is 2.10. The normalized spacial score (nSPS) is 8.45. The van der Waals surface area contributed by atoms with Gasteiger partial charge in [0.1, 0.15) is 0 Å². The Morgan fingerprint density at radius 2 is 1.91 bits per heavy atom. The number of carbonyl (C=O) groups is 1. The molecule has 0 aliphatic heterocycles. The molecule has 0 N–H and O–H groups in total. The summed E-state index contributed by atoms with van der Waals surface area (Å²) in [7, 11) is 0. The van der Waals surface area contributed by atoms with Gasteiger partial charge in [-0.2, -0.15) is 0 Å². The Hall–Kier alpha value is -0.310.